The van der Waals surface area contributed by atoms with Crippen LogP contribution in [0.2, 0.25) is 0 Å². The molecule has 25 heavy (non-hydrogen) atoms. The highest BCUT2D eigenvalue weighted by Gasteiger charge is 2.50. The summed E-state index contributed by atoms with van der Waals surface area (Å²) in [6.45, 7) is 4.27. The summed E-state index contributed by atoms with van der Waals surface area (Å²) in [5, 5.41) is 11.9. The van der Waals surface area contributed by atoms with E-state index in [1.54, 1.807) is 22.7 Å². The summed E-state index contributed by atoms with van der Waals surface area (Å²) in [6.07, 6.45) is 6.13. The van der Waals surface area contributed by atoms with Crippen LogP contribution in [0.1, 0.15) is 51.6 Å². The maximum atomic E-state index is 11.9. The highest BCUT2D eigenvalue weighted by Crippen LogP contribution is 2.49. The molecule has 2 aromatic heterocycles. The molecule has 2 bridgehead atoms. The van der Waals surface area contributed by atoms with Crippen molar-refractivity contribution in [3.63, 3.8) is 0 Å². The van der Waals surface area contributed by atoms with Crippen molar-refractivity contribution in [2.24, 2.45) is 5.92 Å². The average Bonchev–Trinajstić information content (AvgIpc) is 3.18. The van der Waals surface area contributed by atoms with E-state index in [1.165, 1.54) is 39.9 Å². The maximum absolute atomic E-state index is 11.9. The minimum absolute atomic E-state index is 0.624. The van der Waals surface area contributed by atoms with Crippen molar-refractivity contribution < 1.29 is 9.59 Å². The van der Waals surface area contributed by atoms with Gasteiger partial charge in [0, 0.05) is 45.2 Å². The summed E-state index contributed by atoms with van der Waals surface area (Å²) in [6, 6.07) is 10.1. The zero-order chi connectivity index (χ0) is 17.8. The molecule has 2 nitrogen and oxygen atoms in total. The third-order valence-corrected chi connectivity index (χ3v) is 9.11. The van der Waals surface area contributed by atoms with Crippen molar-refractivity contribution in [3.8, 4) is 0 Å². The van der Waals surface area contributed by atoms with Crippen LogP contribution in [0.3, 0.4) is 0 Å². The van der Waals surface area contributed by atoms with Gasteiger partial charge in [0.05, 0.1) is 26.2 Å². The Morgan fingerprint density at radius 1 is 0.960 bits per heavy atom. The fourth-order valence-electron chi connectivity index (χ4n) is 5.21. The molecule has 0 spiro atoms. The average molecular weight is 377 g/mol. The summed E-state index contributed by atoms with van der Waals surface area (Å²) < 4.78 is 1.20. The van der Waals surface area contributed by atoms with Gasteiger partial charge in [-0.05, 0) is 50.5 Å². The Morgan fingerprint density at radius 3 is 1.84 bits per heavy atom. The van der Waals surface area contributed by atoms with Crippen LogP contribution in [0.5, 0.6) is 0 Å². The lowest BCUT2D eigenvalue weighted by molar-refractivity contribution is -0.931. The Balaban J connectivity index is 1.64. The lowest BCUT2D eigenvalue weighted by atomic mass is 9.79. The molecular weight excluding hydrogens is 346 g/mol. The van der Waals surface area contributed by atoms with Crippen LogP contribution in [0.25, 0.3) is 0 Å². The number of aliphatic hydroxyl groups is 1. The van der Waals surface area contributed by atoms with Crippen LogP contribution in [0.15, 0.2) is 24.3 Å². The predicted octanol–water partition coefficient (Wildman–Crippen LogP) is 5.07. The summed E-state index contributed by atoms with van der Waals surface area (Å²) >= 11 is 3.51. The van der Waals surface area contributed by atoms with Gasteiger partial charge in [0.15, 0.2) is 0 Å². The molecule has 0 aromatic carbocycles. The van der Waals surface area contributed by atoms with Gasteiger partial charge >= 0.3 is 0 Å². The van der Waals surface area contributed by atoms with Crippen LogP contribution < -0.4 is 0 Å². The van der Waals surface area contributed by atoms with Gasteiger partial charge in [0.2, 0.25) is 0 Å². The van der Waals surface area contributed by atoms with E-state index in [2.05, 4.69) is 52.2 Å². The number of aryl methyl sites for hydroxylation is 2. The van der Waals surface area contributed by atoms with E-state index < -0.39 is 5.60 Å². The van der Waals surface area contributed by atoms with Gasteiger partial charge in [-0.15, -0.1) is 22.7 Å². The normalized spacial score (nSPS) is 28.4. The topological polar surface area (TPSA) is 20.2 Å². The van der Waals surface area contributed by atoms with Gasteiger partial charge in [-0.3, -0.25) is 0 Å². The van der Waals surface area contributed by atoms with E-state index in [0.29, 0.717) is 5.92 Å². The summed E-state index contributed by atoms with van der Waals surface area (Å²) in [5.41, 5.74) is -0.809. The molecule has 2 aromatic rings. The molecule has 2 saturated heterocycles. The van der Waals surface area contributed by atoms with Gasteiger partial charge in [-0.1, -0.05) is 0 Å². The number of quaternary nitrogens is 1. The zero-order valence-electron chi connectivity index (χ0n) is 15.8. The number of piperidine rings is 1. The molecule has 1 N–H and O–H groups in total. The number of thiophene rings is 2. The van der Waals surface area contributed by atoms with Gasteiger partial charge in [-0.25, -0.2) is 0 Å². The molecule has 0 saturated carbocycles. The van der Waals surface area contributed by atoms with E-state index in [-0.39, 0.29) is 0 Å². The first-order chi connectivity index (χ1) is 11.8. The minimum atomic E-state index is -0.809. The highest BCUT2D eigenvalue weighted by molar-refractivity contribution is 7.13. The molecule has 3 atom stereocenters. The number of hydrogen-bond donors (Lipinski definition) is 1. The fourth-order valence-corrected chi connectivity index (χ4v) is 7.24. The van der Waals surface area contributed by atoms with E-state index in [1.807, 2.05) is 0 Å². The molecule has 0 radical (unpaired) electrons. The van der Waals surface area contributed by atoms with Crippen LogP contribution in [-0.2, 0) is 5.60 Å². The summed E-state index contributed by atoms with van der Waals surface area (Å²) in [7, 11) is 4.83. The smallest absolute Gasteiger partial charge is 0.133 e. The van der Waals surface area contributed by atoms with Gasteiger partial charge in [0.1, 0.15) is 5.60 Å². The standard InChI is InChI=1S/C21H30NOS2/c1-14-5-9-19(24-14)21(23,20-10-6-15(2)25-20)13-16-11-17-7-8-18(12-16)22(17,3)4/h5-6,9-10,16-18,23H,7-8,11-13H2,1-4H3/q+1/t16?,17-,18+. The second-order valence-corrected chi connectivity index (χ2v) is 11.3. The minimum Gasteiger partial charge on any atom is -0.379 e. The Labute approximate surface area is 159 Å². The largest absolute Gasteiger partial charge is 0.379 e. The molecule has 136 valence electrons. The first kappa shape index (κ1) is 17.7. The summed E-state index contributed by atoms with van der Waals surface area (Å²) in [4.78, 5) is 4.81. The van der Waals surface area contributed by atoms with Crippen LogP contribution in [0, 0.1) is 19.8 Å². The number of rotatable bonds is 4. The molecule has 2 aliphatic rings. The summed E-state index contributed by atoms with van der Waals surface area (Å²) in [5.74, 6) is 0.624. The van der Waals surface area contributed by atoms with E-state index in [0.717, 1.165) is 28.3 Å². The van der Waals surface area contributed by atoms with Crippen molar-refractivity contribution in [2.45, 2.75) is 63.6 Å². The molecule has 4 heterocycles. The van der Waals surface area contributed by atoms with Crippen molar-refractivity contribution >= 4 is 22.7 Å². The monoisotopic (exact) mass is 376 g/mol. The highest BCUT2D eigenvalue weighted by atomic mass is 32.1. The first-order valence-electron chi connectivity index (χ1n) is 9.48. The van der Waals surface area contributed by atoms with Crippen molar-refractivity contribution in [1.82, 2.24) is 0 Å². The molecule has 1 unspecified atom stereocenters. The van der Waals surface area contributed by atoms with E-state index in [9.17, 15) is 5.11 Å². The lowest BCUT2D eigenvalue weighted by Crippen LogP contribution is -2.55. The van der Waals surface area contributed by atoms with E-state index in [4.69, 9.17) is 0 Å². The molecular formula is C21H30NOS2+. The molecule has 4 rings (SSSR count). The Morgan fingerprint density at radius 2 is 1.44 bits per heavy atom. The number of nitrogens with zero attached hydrogens (tertiary/aromatic N) is 1. The third kappa shape index (κ3) is 3.01. The molecule has 0 aliphatic carbocycles. The van der Waals surface area contributed by atoms with Crippen LogP contribution >= 0.6 is 22.7 Å². The zero-order valence-corrected chi connectivity index (χ0v) is 17.4. The van der Waals surface area contributed by atoms with E-state index >= 15 is 0 Å². The quantitative estimate of drug-likeness (QED) is 0.739. The molecule has 2 fully saturated rings. The SMILES string of the molecule is Cc1ccc(C(O)(CC2C[C@H]3CC[C@@H](C2)[N+]3(C)C)c2ccc(C)s2)s1. The van der Waals surface area contributed by atoms with Gasteiger partial charge in [-0.2, -0.15) is 0 Å². The van der Waals surface area contributed by atoms with Crippen molar-refractivity contribution in [1.29, 1.82) is 0 Å². The molecule has 4 heteroatoms. The molecule has 2 aliphatic heterocycles. The number of fused-ring (bicyclic) bond motifs is 2. The Hall–Kier alpha value is -0.680. The second kappa shape index (κ2) is 6.19. The lowest BCUT2D eigenvalue weighted by Gasteiger charge is -2.45. The fraction of sp³-hybridized carbons (Fsp3) is 0.619. The van der Waals surface area contributed by atoms with Crippen LogP contribution in [0.4, 0.5) is 0 Å². The Kier molecular flexibility index (Phi) is 4.39. The number of hydrogen-bond acceptors (Lipinski definition) is 3. The Bertz CT molecular complexity index is 703. The molecule has 0 amide bonds. The van der Waals surface area contributed by atoms with Gasteiger partial charge in [0.25, 0.3) is 0 Å². The predicted molar refractivity (Wildman–Crippen MR) is 107 cm³/mol. The van der Waals surface area contributed by atoms with Crippen molar-refractivity contribution in [2.75, 3.05) is 14.1 Å². The maximum Gasteiger partial charge on any atom is 0.133 e. The van der Waals surface area contributed by atoms with Gasteiger partial charge < -0.3 is 9.59 Å². The third-order valence-electron chi connectivity index (χ3n) is 6.81. The second-order valence-electron chi connectivity index (χ2n) is 8.74. The van der Waals surface area contributed by atoms with Crippen molar-refractivity contribution in [3.05, 3.63) is 43.8 Å². The van der Waals surface area contributed by atoms with Crippen LogP contribution in [-0.4, -0.2) is 35.8 Å². The first-order valence-corrected chi connectivity index (χ1v) is 11.1.